The van der Waals surface area contributed by atoms with Gasteiger partial charge < -0.3 is 10.0 Å². The van der Waals surface area contributed by atoms with Crippen LogP contribution in [0.2, 0.25) is 0 Å². The number of anilines is 1. The molecule has 2 aromatic rings. The van der Waals surface area contributed by atoms with Crippen molar-refractivity contribution in [3.63, 3.8) is 0 Å². The van der Waals surface area contributed by atoms with Gasteiger partial charge in [-0.1, -0.05) is 24.3 Å². The number of aromatic hydroxyl groups is 1. The summed E-state index contributed by atoms with van der Waals surface area (Å²) < 4.78 is 0. The molecular weight excluding hydrogens is 302 g/mol. The van der Waals surface area contributed by atoms with Gasteiger partial charge in [0.1, 0.15) is 11.4 Å². The lowest BCUT2D eigenvalue weighted by molar-refractivity contribution is -0.116. The van der Waals surface area contributed by atoms with E-state index in [4.69, 9.17) is 7.05 Å². The Balaban J connectivity index is 2.21. The number of phenols is 1. The van der Waals surface area contributed by atoms with E-state index in [1.54, 1.807) is 12.1 Å². The standard InChI is InChI=1S/C19H19N3O2/c1-4-7-16(23)13-22(3)15-10-11-19(24)18(12-15)21-20-17-9-6-5-8-14(17)2/h3-6,8-12,24H,1,7,13H2,2H3. The van der Waals surface area contributed by atoms with Crippen LogP contribution in [0.4, 0.5) is 17.1 Å². The molecule has 0 bridgehead atoms. The minimum absolute atomic E-state index is 0.0121. The van der Waals surface area contributed by atoms with Crippen molar-refractivity contribution in [3.8, 4) is 5.75 Å². The highest BCUT2D eigenvalue weighted by Gasteiger charge is 2.09. The molecule has 0 heterocycles. The summed E-state index contributed by atoms with van der Waals surface area (Å²) in [4.78, 5) is 12.9. The number of nitrogens with zero attached hydrogens (tertiary/aromatic N) is 3. The first kappa shape index (κ1) is 17.4. The van der Waals surface area contributed by atoms with E-state index in [1.807, 2.05) is 31.2 Å². The first-order valence-corrected chi connectivity index (χ1v) is 7.46. The topological polar surface area (TPSA) is 65.3 Å². The van der Waals surface area contributed by atoms with E-state index < -0.39 is 0 Å². The molecule has 2 aromatic carbocycles. The fourth-order valence-electron chi connectivity index (χ4n) is 2.06. The van der Waals surface area contributed by atoms with E-state index >= 15 is 0 Å². The van der Waals surface area contributed by atoms with Crippen LogP contribution in [-0.4, -0.2) is 17.4 Å². The molecule has 0 atom stereocenters. The molecule has 0 fully saturated rings. The Hall–Kier alpha value is -2.95. The summed E-state index contributed by atoms with van der Waals surface area (Å²) in [5.41, 5.74) is 2.53. The molecular formula is C19H19N3O2. The molecule has 122 valence electrons. The van der Waals surface area contributed by atoms with Crippen LogP contribution < -0.4 is 4.90 Å². The monoisotopic (exact) mass is 321 g/mol. The number of aryl methyl sites for hydroxylation is 1. The number of benzene rings is 2. The average molecular weight is 321 g/mol. The summed E-state index contributed by atoms with van der Waals surface area (Å²) in [5, 5.41) is 18.2. The molecule has 1 N–H and O–H groups in total. The van der Waals surface area contributed by atoms with Crippen LogP contribution in [0.15, 0.2) is 65.3 Å². The van der Waals surface area contributed by atoms with Crippen molar-refractivity contribution in [2.45, 2.75) is 13.3 Å². The zero-order valence-electron chi connectivity index (χ0n) is 13.5. The molecule has 0 spiro atoms. The molecule has 0 saturated heterocycles. The van der Waals surface area contributed by atoms with Gasteiger partial charge in [0.25, 0.3) is 0 Å². The molecule has 2 rings (SSSR count). The van der Waals surface area contributed by atoms with Gasteiger partial charge in [-0.2, -0.15) is 5.11 Å². The van der Waals surface area contributed by atoms with Gasteiger partial charge in [0.15, 0.2) is 5.78 Å². The number of allylic oxidation sites excluding steroid dienone is 1. The predicted octanol–water partition coefficient (Wildman–Crippen LogP) is 4.74. The maximum Gasteiger partial charge on any atom is 0.155 e. The van der Waals surface area contributed by atoms with Crippen molar-refractivity contribution in [3.05, 3.63) is 67.7 Å². The minimum Gasteiger partial charge on any atom is -0.506 e. The van der Waals surface area contributed by atoms with Crippen molar-refractivity contribution in [2.24, 2.45) is 10.2 Å². The van der Waals surface area contributed by atoms with Gasteiger partial charge in [-0.15, -0.1) is 11.7 Å². The van der Waals surface area contributed by atoms with Crippen molar-refractivity contribution >= 4 is 22.8 Å². The van der Waals surface area contributed by atoms with Crippen LogP contribution in [0, 0.1) is 14.0 Å². The molecule has 0 saturated carbocycles. The normalized spacial score (nSPS) is 10.8. The van der Waals surface area contributed by atoms with E-state index in [1.165, 1.54) is 17.0 Å². The maximum atomic E-state index is 11.6. The largest absolute Gasteiger partial charge is 0.506 e. The second-order valence-corrected chi connectivity index (χ2v) is 5.32. The molecule has 2 radical (unpaired) electrons. The average Bonchev–Trinajstić information content (AvgIpc) is 2.55. The third-order valence-electron chi connectivity index (χ3n) is 3.39. The summed E-state index contributed by atoms with van der Waals surface area (Å²) >= 11 is 0. The third-order valence-corrected chi connectivity index (χ3v) is 3.39. The van der Waals surface area contributed by atoms with Gasteiger partial charge in [0.05, 0.1) is 19.3 Å². The molecule has 0 aliphatic carbocycles. The highest BCUT2D eigenvalue weighted by Crippen LogP contribution is 2.32. The lowest BCUT2D eigenvalue weighted by Gasteiger charge is -2.17. The third kappa shape index (κ3) is 4.52. The molecule has 0 aromatic heterocycles. The Kier molecular flexibility index (Phi) is 5.84. The number of azo groups is 1. The van der Waals surface area contributed by atoms with E-state index in [9.17, 15) is 9.90 Å². The summed E-state index contributed by atoms with van der Waals surface area (Å²) in [7, 11) is 5.90. The van der Waals surface area contributed by atoms with Gasteiger partial charge >= 0.3 is 0 Å². The Labute approximate surface area is 142 Å². The maximum absolute atomic E-state index is 11.6. The van der Waals surface area contributed by atoms with Crippen LogP contribution in [0.5, 0.6) is 5.75 Å². The number of ketones is 1. The van der Waals surface area contributed by atoms with Crippen molar-refractivity contribution < 1.29 is 9.90 Å². The van der Waals surface area contributed by atoms with E-state index in [-0.39, 0.29) is 30.2 Å². The molecule has 5 heteroatoms. The minimum atomic E-state index is -0.0522. The van der Waals surface area contributed by atoms with Crippen LogP contribution in [0.25, 0.3) is 0 Å². The number of rotatable bonds is 7. The number of hydrogen-bond acceptors (Lipinski definition) is 5. The van der Waals surface area contributed by atoms with Gasteiger partial charge in [-0.25, -0.2) is 0 Å². The van der Waals surface area contributed by atoms with Crippen molar-refractivity contribution in [1.82, 2.24) is 0 Å². The molecule has 0 unspecified atom stereocenters. The molecule has 0 amide bonds. The summed E-state index contributed by atoms with van der Waals surface area (Å²) in [6.45, 7) is 5.50. The second kappa shape index (κ2) is 8.06. The summed E-state index contributed by atoms with van der Waals surface area (Å²) in [5.74, 6) is -0.0643. The van der Waals surface area contributed by atoms with Crippen molar-refractivity contribution in [2.75, 3.05) is 11.4 Å². The van der Waals surface area contributed by atoms with E-state index in [0.717, 1.165) is 5.56 Å². The first-order chi connectivity index (χ1) is 11.5. The zero-order valence-corrected chi connectivity index (χ0v) is 13.5. The lowest BCUT2D eigenvalue weighted by Crippen LogP contribution is -2.22. The highest BCUT2D eigenvalue weighted by atomic mass is 16.3. The number of phenolic OH excluding ortho intramolecular Hbond substituents is 1. The first-order valence-electron chi connectivity index (χ1n) is 7.46. The number of Topliss-reactive ketones (excluding diaryl/α,β-unsaturated/α-hetero) is 1. The SMILES string of the molecule is [CH]N(CC(=O)CC=C)c1ccc(O)c(N=Nc2ccccc2C)c1. The highest BCUT2D eigenvalue weighted by molar-refractivity contribution is 5.85. The van der Waals surface area contributed by atoms with Crippen LogP contribution in [-0.2, 0) is 4.79 Å². The molecule has 24 heavy (non-hydrogen) atoms. The molecule has 0 aliphatic heterocycles. The fraction of sp³-hybridized carbons (Fsp3) is 0.158. The quantitative estimate of drug-likeness (QED) is 0.455. The fourth-order valence-corrected chi connectivity index (χ4v) is 2.06. The lowest BCUT2D eigenvalue weighted by atomic mass is 10.2. The predicted molar refractivity (Wildman–Crippen MR) is 94.9 cm³/mol. The Morgan fingerprint density at radius 3 is 2.67 bits per heavy atom. The van der Waals surface area contributed by atoms with Gasteiger partial charge in [0.2, 0.25) is 0 Å². The van der Waals surface area contributed by atoms with E-state index in [0.29, 0.717) is 11.4 Å². The van der Waals surface area contributed by atoms with Gasteiger partial charge in [-0.3, -0.25) is 4.79 Å². The summed E-state index contributed by atoms with van der Waals surface area (Å²) in [6, 6.07) is 12.2. The second-order valence-electron chi connectivity index (χ2n) is 5.32. The zero-order chi connectivity index (χ0) is 17.5. The molecule has 0 aliphatic rings. The van der Waals surface area contributed by atoms with Crippen LogP contribution >= 0.6 is 0 Å². The number of carbonyl (C=O) groups excluding carboxylic acids is 1. The Morgan fingerprint density at radius 2 is 1.96 bits per heavy atom. The smallest absolute Gasteiger partial charge is 0.155 e. The summed E-state index contributed by atoms with van der Waals surface area (Å²) in [6.07, 6.45) is 1.79. The molecule has 5 nitrogen and oxygen atoms in total. The van der Waals surface area contributed by atoms with Crippen molar-refractivity contribution in [1.29, 1.82) is 0 Å². The van der Waals surface area contributed by atoms with Crippen LogP contribution in [0.3, 0.4) is 0 Å². The Bertz CT molecular complexity index is 769. The number of hydrogen-bond donors (Lipinski definition) is 1. The van der Waals surface area contributed by atoms with Gasteiger partial charge in [-0.05, 0) is 36.8 Å². The van der Waals surface area contributed by atoms with Crippen LogP contribution in [0.1, 0.15) is 12.0 Å². The Morgan fingerprint density at radius 1 is 1.25 bits per heavy atom. The number of carbonyl (C=O) groups is 1. The van der Waals surface area contributed by atoms with Gasteiger partial charge in [0, 0.05) is 12.1 Å². The van der Waals surface area contributed by atoms with E-state index in [2.05, 4.69) is 16.8 Å².